The fraction of sp³-hybridized carbons (Fsp3) is 0. The lowest BCUT2D eigenvalue weighted by molar-refractivity contribution is 0.669. The number of rotatable bonds is 11. The molecule has 9 heterocycles. The molecule has 644 valence electrons. The van der Waals surface area contributed by atoms with E-state index in [1.54, 1.807) is 34.0 Å². The van der Waals surface area contributed by atoms with E-state index in [0.29, 0.717) is 0 Å². The Morgan fingerprint density at radius 3 is 0.732 bits per heavy atom. The van der Waals surface area contributed by atoms with Crippen LogP contribution in [0.25, 0.3) is 283 Å². The highest BCUT2D eigenvalue weighted by Gasteiger charge is 2.28. The summed E-state index contributed by atoms with van der Waals surface area (Å²) in [5.74, 6) is 0. The monoisotopic (exact) mass is 1810 g/mol. The van der Waals surface area contributed by atoms with Gasteiger partial charge in [-0.05, 0) is 154 Å². The van der Waals surface area contributed by atoms with E-state index in [4.69, 9.17) is 43.2 Å². The third kappa shape index (κ3) is 13.9. The number of furan rings is 3. The van der Waals surface area contributed by atoms with E-state index >= 15 is 0 Å². The number of nitrogens with zero attached hydrogens (tertiary/aromatic N) is 6. The Kier molecular flexibility index (Phi) is 19.3. The summed E-state index contributed by atoms with van der Waals surface area (Å²) in [5, 5.41) is 19.9. The molecule has 0 aliphatic heterocycles. The van der Waals surface area contributed by atoms with E-state index in [-0.39, 0.29) is 0 Å². The van der Waals surface area contributed by atoms with E-state index < -0.39 is 0 Å². The van der Waals surface area contributed by atoms with Crippen molar-refractivity contribution in [1.82, 2.24) is 29.9 Å². The first kappa shape index (κ1) is 80.2. The number of hydrogen-bond acceptors (Lipinski definition) is 12. The van der Waals surface area contributed by atoms with Crippen LogP contribution in [0.15, 0.2) is 462 Å². The van der Waals surface area contributed by atoms with E-state index in [1.165, 1.54) is 30.3 Å². The number of fused-ring (bicyclic) bond motifs is 21. The molecule has 0 N–H and O–H groups in total. The predicted molar refractivity (Wildman–Crippen MR) is 579 cm³/mol. The molecule has 0 saturated heterocycles. The van der Waals surface area contributed by atoms with Crippen molar-refractivity contribution >= 4 is 196 Å². The number of benzene rings is 20. The van der Waals surface area contributed by atoms with Crippen LogP contribution >= 0.6 is 34.0 Å². The van der Waals surface area contributed by atoms with Crippen molar-refractivity contribution in [2.45, 2.75) is 0 Å². The first-order valence-electron chi connectivity index (χ1n) is 46.1. The summed E-state index contributed by atoms with van der Waals surface area (Å²) in [7, 11) is 0. The average Bonchev–Trinajstić information content (AvgIpc) is 1.46. The zero-order valence-corrected chi connectivity index (χ0v) is 76.3. The molecule has 29 rings (SSSR count). The summed E-state index contributed by atoms with van der Waals surface area (Å²) in [6.07, 6.45) is 0. The van der Waals surface area contributed by atoms with Gasteiger partial charge in [-0.1, -0.05) is 334 Å². The van der Waals surface area contributed by atoms with Gasteiger partial charge in [0.25, 0.3) is 0 Å². The van der Waals surface area contributed by atoms with Gasteiger partial charge in [0.1, 0.15) is 48.5 Å². The summed E-state index contributed by atoms with van der Waals surface area (Å²) in [4.78, 5) is 30.5. The molecule has 0 unspecified atom stereocenters. The van der Waals surface area contributed by atoms with Crippen molar-refractivity contribution in [3.05, 3.63) is 449 Å². The maximum atomic E-state index is 6.60. The van der Waals surface area contributed by atoms with Crippen LogP contribution in [0.1, 0.15) is 0 Å². The van der Waals surface area contributed by atoms with Gasteiger partial charge in [-0.25, -0.2) is 29.9 Å². The molecule has 12 heteroatoms. The van der Waals surface area contributed by atoms with Crippen molar-refractivity contribution in [1.29, 1.82) is 0 Å². The molecular formula is C126H74N6O3S3. The minimum absolute atomic E-state index is 0.858. The number of thiazole rings is 3. The molecule has 0 amide bonds. The number of hydrogen-bond donors (Lipinski definition) is 0. The molecule has 9 nitrogen and oxygen atoms in total. The molecule has 0 atom stereocenters. The maximum absolute atomic E-state index is 6.60. The van der Waals surface area contributed by atoms with Crippen LogP contribution in [-0.4, -0.2) is 29.9 Å². The van der Waals surface area contributed by atoms with Crippen molar-refractivity contribution in [3.8, 4) is 121 Å². The zero-order valence-electron chi connectivity index (χ0n) is 73.9. The van der Waals surface area contributed by atoms with Gasteiger partial charge in [0.2, 0.25) is 0 Å². The molecule has 138 heavy (non-hydrogen) atoms. The summed E-state index contributed by atoms with van der Waals surface area (Å²) in [5.41, 5.74) is 32.2. The quantitative estimate of drug-likeness (QED) is 0.117. The van der Waals surface area contributed by atoms with Crippen LogP contribution < -0.4 is 0 Å². The average molecular weight is 1820 g/mol. The Bertz CT molecular complexity index is 9850. The Labute approximate surface area is 802 Å². The second kappa shape index (κ2) is 33.3. The van der Waals surface area contributed by atoms with E-state index in [1.807, 2.05) is 54.6 Å². The number of aromatic nitrogens is 6. The molecule has 0 spiro atoms. The van der Waals surface area contributed by atoms with Gasteiger partial charge < -0.3 is 13.3 Å². The maximum Gasteiger partial charge on any atom is 0.136 e. The predicted octanol–water partition coefficient (Wildman–Crippen LogP) is 36.0. The number of pyridine rings is 3. The molecule has 0 fully saturated rings. The second-order valence-corrected chi connectivity index (χ2v) is 37.9. The van der Waals surface area contributed by atoms with Crippen molar-refractivity contribution in [2.75, 3.05) is 0 Å². The van der Waals surface area contributed by atoms with Crippen LogP contribution in [0.4, 0.5) is 0 Å². The molecule has 0 bridgehead atoms. The van der Waals surface area contributed by atoms with Crippen molar-refractivity contribution < 1.29 is 13.3 Å². The normalized spacial score (nSPS) is 11.8. The largest absolute Gasteiger partial charge is 0.456 e. The van der Waals surface area contributed by atoms with Crippen LogP contribution in [0.3, 0.4) is 0 Å². The van der Waals surface area contributed by atoms with Gasteiger partial charge in [0.05, 0.1) is 64.3 Å². The summed E-state index contributed by atoms with van der Waals surface area (Å²) in [6, 6.07) is 158. The molecular weight excluding hydrogens is 1740 g/mol. The molecule has 0 radical (unpaired) electrons. The van der Waals surface area contributed by atoms with Crippen LogP contribution in [-0.2, 0) is 0 Å². The van der Waals surface area contributed by atoms with Gasteiger partial charge in [-0.3, -0.25) is 0 Å². The highest BCUT2D eigenvalue weighted by Crippen LogP contribution is 2.53. The SMILES string of the molecule is c1ccc(-c2nc3ccccc3c3c(-c4cccc(-c5ccc(-c6nc7ccccc7s6)cc5)c4)c4c(cc23)oc2ccccc24)cc1.c1ccc(-c2nc3ccccc3c3c(-c4cccc(-c5cccc(-c6nc7ccccc7s6)c5)c4)c4c(cc23)oc2ccccc24)cc1.c1ccc(-c2nc3ccccc3c3c(-c4cccc(-c5nc6ccccc6s5)c4)c4c(cc23)oc2ccccc24)cc1. The Hall–Kier alpha value is -17.5. The van der Waals surface area contributed by atoms with E-state index in [2.05, 4.69) is 394 Å². The zero-order chi connectivity index (χ0) is 90.8. The van der Waals surface area contributed by atoms with Gasteiger partial charge in [-0.15, -0.1) is 34.0 Å². The smallest absolute Gasteiger partial charge is 0.136 e. The molecule has 0 aliphatic rings. The fourth-order valence-corrected chi connectivity index (χ4v) is 23.3. The summed E-state index contributed by atoms with van der Waals surface area (Å²) >= 11 is 5.19. The fourth-order valence-electron chi connectivity index (χ4n) is 20.4. The van der Waals surface area contributed by atoms with E-state index in [9.17, 15) is 0 Å². The lowest BCUT2D eigenvalue weighted by Gasteiger charge is -2.16. The van der Waals surface area contributed by atoms with E-state index in [0.717, 1.165) is 252 Å². The third-order valence-electron chi connectivity index (χ3n) is 26.6. The first-order chi connectivity index (χ1) is 68.4. The van der Waals surface area contributed by atoms with Crippen LogP contribution in [0.5, 0.6) is 0 Å². The molecule has 9 aromatic heterocycles. The Morgan fingerprint density at radius 2 is 0.391 bits per heavy atom. The minimum Gasteiger partial charge on any atom is -0.456 e. The highest BCUT2D eigenvalue weighted by atomic mass is 32.1. The number of para-hydroxylation sites is 9. The van der Waals surface area contributed by atoms with Gasteiger partial charge in [0, 0.05) is 131 Å². The minimum atomic E-state index is 0.858. The second-order valence-electron chi connectivity index (χ2n) is 34.8. The molecule has 0 saturated carbocycles. The molecule has 0 aliphatic carbocycles. The highest BCUT2D eigenvalue weighted by molar-refractivity contribution is 7.22. The van der Waals surface area contributed by atoms with Crippen molar-refractivity contribution in [2.24, 2.45) is 0 Å². The summed E-state index contributed by atoms with van der Waals surface area (Å²) < 4.78 is 23.3. The third-order valence-corrected chi connectivity index (χ3v) is 29.9. The standard InChI is InChI=1S/2C44H26N2OS.C38H22N2OS/c1-2-12-27(13-3-1)43-34-26-38-42(33-19-5-8-22-37(33)47-38)40(41(34)32-18-4-6-20-35(32)45-43)30-16-10-14-28(24-30)29-15-11-17-31(25-29)44-46-36-21-7-9-23-39(36)48-44;1-2-11-28(12-3-1)43-34-26-38-42(33-16-5-8-19-37(33)47-38)40(41(34)32-15-4-6-17-35(32)45-43)31-14-10-13-30(25-31)27-21-23-29(24-22-27)44-46-36-18-7-9-20-39(36)48-44;1-2-11-23(12-3-1)37-28-22-32-36(27-16-5-8-19-31(27)41-32)34(35(28)26-15-4-6-17-29(26)39-37)24-13-10-14-25(21-24)38-40-30-18-7-9-20-33(30)42-38/h2*1-26H;1-22H. The van der Waals surface area contributed by atoms with Gasteiger partial charge >= 0.3 is 0 Å². The lowest BCUT2D eigenvalue weighted by Crippen LogP contribution is -1.93. The first-order valence-corrected chi connectivity index (χ1v) is 48.6. The molecule has 20 aromatic carbocycles. The Morgan fingerprint density at radius 1 is 0.145 bits per heavy atom. The van der Waals surface area contributed by atoms with Crippen LogP contribution in [0.2, 0.25) is 0 Å². The Balaban J connectivity index is 0.000000105. The molecule has 29 aromatic rings. The van der Waals surface area contributed by atoms with Gasteiger partial charge in [-0.2, -0.15) is 0 Å². The summed E-state index contributed by atoms with van der Waals surface area (Å²) in [6.45, 7) is 0. The van der Waals surface area contributed by atoms with Crippen LogP contribution in [0, 0.1) is 0 Å². The topological polar surface area (TPSA) is 117 Å². The lowest BCUT2D eigenvalue weighted by atomic mass is 9.88. The van der Waals surface area contributed by atoms with Gasteiger partial charge in [0.15, 0.2) is 0 Å². The van der Waals surface area contributed by atoms with Crippen molar-refractivity contribution in [3.63, 3.8) is 0 Å².